The van der Waals surface area contributed by atoms with Crippen molar-refractivity contribution in [3.8, 4) is 11.5 Å². The molecule has 0 radical (unpaired) electrons. The summed E-state index contributed by atoms with van der Waals surface area (Å²) in [4.78, 5) is 28.2. The first-order valence-electron chi connectivity index (χ1n) is 7.70. The highest BCUT2D eigenvalue weighted by Crippen LogP contribution is 2.10. The van der Waals surface area contributed by atoms with Crippen molar-refractivity contribution < 1.29 is 9.21 Å². The van der Waals surface area contributed by atoms with Gasteiger partial charge < -0.3 is 9.73 Å². The molecule has 8 heteroatoms. The van der Waals surface area contributed by atoms with Crippen LogP contribution in [0.3, 0.4) is 0 Å². The van der Waals surface area contributed by atoms with E-state index in [4.69, 9.17) is 4.42 Å². The molecule has 0 aromatic carbocycles. The second-order valence-electron chi connectivity index (χ2n) is 5.24. The number of carbonyl (C=O) groups excluding carboxylic acids is 1. The van der Waals surface area contributed by atoms with Crippen molar-refractivity contribution in [3.05, 3.63) is 65.1 Å². The normalized spacial score (nSPS) is 11.1. The van der Waals surface area contributed by atoms with Crippen molar-refractivity contribution >= 4 is 12.0 Å². The van der Waals surface area contributed by atoms with E-state index in [1.165, 1.54) is 21.6 Å². The maximum absolute atomic E-state index is 12.2. The fourth-order valence-electron chi connectivity index (χ4n) is 2.24. The zero-order valence-corrected chi connectivity index (χ0v) is 13.6. The van der Waals surface area contributed by atoms with Gasteiger partial charge in [-0.3, -0.25) is 14.3 Å². The summed E-state index contributed by atoms with van der Waals surface area (Å²) < 4.78 is 7.84. The third-order valence-corrected chi connectivity index (χ3v) is 3.50. The fourth-order valence-corrected chi connectivity index (χ4v) is 2.24. The van der Waals surface area contributed by atoms with Crippen LogP contribution in [0, 0.1) is 0 Å². The van der Waals surface area contributed by atoms with Crippen LogP contribution in [0.4, 0.5) is 0 Å². The lowest BCUT2D eigenvalue weighted by molar-refractivity contribution is -0.116. The van der Waals surface area contributed by atoms with Crippen molar-refractivity contribution in [2.24, 2.45) is 7.05 Å². The topological polar surface area (TPSA) is 95.0 Å². The molecule has 128 valence electrons. The average Bonchev–Trinajstić information content (AvgIpc) is 3.24. The van der Waals surface area contributed by atoms with Crippen LogP contribution in [0.5, 0.6) is 0 Å². The zero-order chi connectivity index (χ0) is 17.6. The fraction of sp³-hybridized carbons (Fsp3) is 0.176. The van der Waals surface area contributed by atoms with Crippen molar-refractivity contribution in [1.82, 2.24) is 24.6 Å². The molecule has 0 saturated carbocycles. The van der Waals surface area contributed by atoms with E-state index in [0.717, 1.165) is 0 Å². The number of amides is 1. The minimum absolute atomic E-state index is 0.263. The Labute approximate surface area is 143 Å². The van der Waals surface area contributed by atoms with Crippen LogP contribution in [0.25, 0.3) is 17.6 Å². The first kappa shape index (κ1) is 16.4. The number of carbonyl (C=O) groups is 1. The van der Waals surface area contributed by atoms with Gasteiger partial charge in [0.1, 0.15) is 11.5 Å². The molecule has 0 saturated heterocycles. The Kier molecular flexibility index (Phi) is 4.89. The summed E-state index contributed by atoms with van der Waals surface area (Å²) in [6, 6.07) is 8.90. The molecule has 0 aliphatic rings. The molecule has 1 N–H and O–H groups in total. The summed E-state index contributed by atoms with van der Waals surface area (Å²) >= 11 is 0. The summed E-state index contributed by atoms with van der Waals surface area (Å²) in [7, 11) is 1.64. The van der Waals surface area contributed by atoms with Gasteiger partial charge in [-0.05, 0) is 30.3 Å². The van der Waals surface area contributed by atoms with Crippen molar-refractivity contribution in [3.63, 3.8) is 0 Å². The van der Waals surface area contributed by atoms with Crippen LogP contribution in [0.15, 0.2) is 58.1 Å². The highest BCUT2D eigenvalue weighted by molar-refractivity contribution is 5.91. The van der Waals surface area contributed by atoms with Gasteiger partial charge in [-0.2, -0.15) is 0 Å². The van der Waals surface area contributed by atoms with Crippen molar-refractivity contribution in [2.45, 2.75) is 6.54 Å². The van der Waals surface area contributed by atoms with Gasteiger partial charge in [-0.15, -0.1) is 5.10 Å². The summed E-state index contributed by atoms with van der Waals surface area (Å²) in [5.41, 5.74) is 0.354. The van der Waals surface area contributed by atoms with Crippen LogP contribution in [-0.2, 0) is 18.4 Å². The Morgan fingerprint density at radius 1 is 1.32 bits per heavy atom. The average molecular weight is 339 g/mol. The van der Waals surface area contributed by atoms with Gasteiger partial charge >= 0.3 is 5.69 Å². The van der Waals surface area contributed by atoms with E-state index < -0.39 is 0 Å². The molecule has 25 heavy (non-hydrogen) atoms. The van der Waals surface area contributed by atoms with Crippen molar-refractivity contribution in [2.75, 3.05) is 6.54 Å². The predicted molar refractivity (Wildman–Crippen MR) is 91.5 cm³/mol. The number of nitrogens with one attached hydrogen (secondary N) is 1. The van der Waals surface area contributed by atoms with Crippen molar-refractivity contribution in [1.29, 1.82) is 0 Å². The predicted octanol–water partition coefficient (Wildman–Crippen LogP) is 1.07. The molecule has 0 fully saturated rings. The lowest BCUT2D eigenvalue weighted by atomic mass is 10.3. The van der Waals surface area contributed by atoms with Gasteiger partial charge in [-0.1, -0.05) is 6.07 Å². The molecule has 0 aliphatic carbocycles. The summed E-state index contributed by atoms with van der Waals surface area (Å²) in [6.07, 6.45) is 6.12. The van der Waals surface area contributed by atoms with Gasteiger partial charge in [0.2, 0.25) is 5.91 Å². The van der Waals surface area contributed by atoms with Crippen LogP contribution in [-0.4, -0.2) is 31.8 Å². The molecule has 3 rings (SSSR count). The first-order valence-corrected chi connectivity index (χ1v) is 7.70. The second kappa shape index (κ2) is 7.43. The maximum atomic E-state index is 12.2. The van der Waals surface area contributed by atoms with Gasteiger partial charge in [0.15, 0.2) is 5.82 Å². The quantitative estimate of drug-likeness (QED) is 0.678. The summed E-state index contributed by atoms with van der Waals surface area (Å²) in [6.45, 7) is 0.541. The van der Waals surface area contributed by atoms with E-state index in [9.17, 15) is 9.59 Å². The molecule has 0 unspecified atom stereocenters. The monoisotopic (exact) mass is 339 g/mol. The number of hydrogen-bond acceptors (Lipinski definition) is 5. The largest absolute Gasteiger partial charge is 0.465 e. The van der Waals surface area contributed by atoms with E-state index in [1.54, 1.807) is 43.6 Å². The molecular formula is C17H17N5O3. The zero-order valence-electron chi connectivity index (χ0n) is 13.6. The summed E-state index contributed by atoms with van der Waals surface area (Å²) in [5, 5.41) is 6.98. The lowest BCUT2D eigenvalue weighted by Crippen LogP contribution is -2.30. The third-order valence-electron chi connectivity index (χ3n) is 3.50. The number of furan rings is 1. The molecule has 0 bridgehead atoms. The van der Waals surface area contributed by atoms with E-state index in [0.29, 0.717) is 17.3 Å². The number of nitrogens with zero attached hydrogens (tertiary/aromatic N) is 4. The number of aromatic nitrogens is 4. The molecule has 1 amide bonds. The first-order chi connectivity index (χ1) is 12.1. The van der Waals surface area contributed by atoms with Crippen LogP contribution < -0.4 is 11.0 Å². The Hall–Kier alpha value is -3.42. The molecule has 8 nitrogen and oxygen atoms in total. The van der Waals surface area contributed by atoms with Crippen LogP contribution >= 0.6 is 0 Å². The Morgan fingerprint density at radius 3 is 2.92 bits per heavy atom. The highest BCUT2D eigenvalue weighted by Gasteiger charge is 2.12. The second-order valence-corrected chi connectivity index (χ2v) is 5.24. The molecular weight excluding hydrogens is 322 g/mol. The highest BCUT2D eigenvalue weighted by atomic mass is 16.3. The van der Waals surface area contributed by atoms with Crippen LogP contribution in [0.1, 0.15) is 5.76 Å². The van der Waals surface area contributed by atoms with Crippen LogP contribution in [0.2, 0.25) is 0 Å². The standard InChI is InChI=1S/C17H17N5O3/c1-21-16(14-6-2-3-9-18-14)20-22(17(21)24)11-10-19-15(23)8-7-13-5-4-12-25-13/h2-9,12H,10-11H2,1H3,(H,19,23)/b8-7+. The SMILES string of the molecule is Cn1c(-c2ccccn2)nn(CCNC(=O)/C=C/c2ccco2)c1=O. The molecule has 3 aromatic rings. The molecule has 3 aromatic heterocycles. The van der Waals surface area contributed by atoms with Gasteiger partial charge in [0.05, 0.1) is 12.8 Å². The Balaban J connectivity index is 1.60. The Bertz CT molecular complexity index is 923. The third kappa shape index (κ3) is 3.92. The van der Waals surface area contributed by atoms with E-state index in [1.807, 2.05) is 6.07 Å². The minimum Gasteiger partial charge on any atom is -0.465 e. The summed E-state index contributed by atoms with van der Waals surface area (Å²) in [5.74, 6) is 0.802. The lowest BCUT2D eigenvalue weighted by Gasteiger charge is -2.01. The molecule has 0 aliphatic heterocycles. The smallest absolute Gasteiger partial charge is 0.346 e. The van der Waals surface area contributed by atoms with Gasteiger partial charge in [0, 0.05) is 25.9 Å². The Morgan fingerprint density at radius 2 is 2.20 bits per heavy atom. The van der Waals surface area contributed by atoms with Gasteiger partial charge in [-0.25, -0.2) is 9.48 Å². The van der Waals surface area contributed by atoms with E-state index in [-0.39, 0.29) is 24.7 Å². The number of hydrogen-bond donors (Lipinski definition) is 1. The molecule has 3 heterocycles. The van der Waals surface area contributed by atoms with E-state index >= 15 is 0 Å². The molecule has 0 spiro atoms. The maximum Gasteiger partial charge on any atom is 0.346 e. The number of pyridine rings is 1. The number of rotatable bonds is 6. The van der Waals surface area contributed by atoms with E-state index in [2.05, 4.69) is 15.4 Å². The molecule has 0 atom stereocenters. The van der Waals surface area contributed by atoms with Gasteiger partial charge in [0.25, 0.3) is 0 Å². The minimum atomic E-state index is -0.273.